The number of amides is 1. The second kappa shape index (κ2) is 6.16. The SMILES string of the molecule is O=CN(O)CC(O)C(=O)C(O)C[P+](O)(O)O. The normalized spacial score (nSPS) is 15.4. The molecule has 1 amide bonds. The molecule has 16 heavy (non-hydrogen) atoms. The molecular weight excluding hydrogens is 245 g/mol. The van der Waals surface area contributed by atoms with E-state index in [2.05, 4.69) is 0 Å². The van der Waals surface area contributed by atoms with Gasteiger partial charge in [0.2, 0.25) is 6.41 Å². The number of carbonyl (C=O) groups is 2. The number of hydrogen-bond donors (Lipinski definition) is 6. The van der Waals surface area contributed by atoms with Gasteiger partial charge in [0.25, 0.3) is 0 Å². The fourth-order valence-corrected chi connectivity index (χ4v) is 1.50. The van der Waals surface area contributed by atoms with Gasteiger partial charge in [-0.1, -0.05) is 0 Å². The number of nitrogens with zero attached hydrogens (tertiary/aromatic N) is 1. The molecule has 10 heteroatoms. The van der Waals surface area contributed by atoms with Gasteiger partial charge >= 0.3 is 7.94 Å². The summed E-state index contributed by atoms with van der Waals surface area (Å²) in [4.78, 5) is 46.7. The van der Waals surface area contributed by atoms with Crippen LogP contribution >= 0.6 is 7.94 Å². The number of Topliss-reactive ketones (excluding diaryl/α,β-unsaturated/α-hetero) is 1. The highest BCUT2D eigenvalue weighted by atomic mass is 31.2. The fourth-order valence-electron chi connectivity index (χ4n) is 0.854. The van der Waals surface area contributed by atoms with E-state index >= 15 is 0 Å². The second-order valence-electron chi connectivity index (χ2n) is 3.04. The first-order valence-corrected chi connectivity index (χ1v) is 5.87. The topological polar surface area (TPSA) is 159 Å². The molecule has 0 aliphatic heterocycles. The zero-order chi connectivity index (χ0) is 12.9. The molecular formula is C6H13NO8P+. The lowest BCUT2D eigenvalue weighted by Crippen LogP contribution is -2.41. The van der Waals surface area contributed by atoms with Crippen molar-refractivity contribution < 1.29 is 39.7 Å². The summed E-state index contributed by atoms with van der Waals surface area (Å²) in [5.41, 5.74) is 0. The number of hydroxylamine groups is 2. The molecule has 0 aromatic rings. The summed E-state index contributed by atoms with van der Waals surface area (Å²) in [7, 11) is -4.33. The van der Waals surface area contributed by atoms with Gasteiger partial charge in [-0.15, -0.1) is 0 Å². The number of rotatable bonds is 7. The summed E-state index contributed by atoms with van der Waals surface area (Å²) in [5, 5.41) is 26.7. The molecule has 6 N–H and O–H groups in total. The Labute approximate surface area is 90.7 Å². The number of aliphatic hydroxyl groups is 2. The molecule has 2 atom stereocenters. The van der Waals surface area contributed by atoms with Crippen molar-refractivity contribution in [1.82, 2.24) is 5.06 Å². The summed E-state index contributed by atoms with van der Waals surface area (Å²) in [6.07, 6.45) is -4.97. The molecule has 0 heterocycles. The fraction of sp³-hybridized carbons (Fsp3) is 0.667. The van der Waals surface area contributed by atoms with Crippen LogP contribution in [0.15, 0.2) is 0 Å². The molecule has 0 rings (SSSR count). The first-order valence-electron chi connectivity index (χ1n) is 4.04. The van der Waals surface area contributed by atoms with Gasteiger partial charge in [0, 0.05) is 0 Å². The van der Waals surface area contributed by atoms with Gasteiger partial charge in [0.1, 0.15) is 6.10 Å². The molecule has 0 saturated heterocycles. The van der Waals surface area contributed by atoms with Crippen molar-refractivity contribution in [3.05, 3.63) is 0 Å². The molecule has 2 unspecified atom stereocenters. The zero-order valence-electron chi connectivity index (χ0n) is 8.04. The molecule has 0 spiro atoms. The monoisotopic (exact) mass is 258 g/mol. The highest BCUT2D eigenvalue weighted by molar-refractivity contribution is 7.58. The maximum atomic E-state index is 11.1. The molecule has 0 bridgehead atoms. The second-order valence-corrected chi connectivity index (χ2v) is 4.79. The van der Waals surface area contributed by atoms with Gasteiger partial charge in [0.05, 0.1) is 6.54 Å². The predicted molar refractivity (Wildman–Crippen MR) is 50.0 cm³/mol. The third kappa shape index (κ3) is 6.03. The zero-order valence-corrected chi connectivity index (χ0v) is 8.93. The molecule has 0 saturated carbocycles. The number of carbonyl (C=O) groups excluding carboxylic acids is 2. The van der Waals surface area contributed by atoms with Crippen molar-refractivity contribution >= 4 is 20.1 Å². The average molecular weight is 258 g/mol. The van der Waals surface area contributed by atoms with Gasteiger partial charge < -0.3 is 10.2 Å². The summed E-state index contributed by atoms with van der Waals surface area (Å²) in [6.45, 7) is -0.771. The van der Waals surface area contributed by atoms with E-state index in [1.165, 1.54) is 0 Å². The Balaban J connectivity index is 4.27. The standard InChI is InChI=1S/C6H13NO8P/c8-3-7(12)1-4(9)6(11)5(10)2-16(13,14)15/h3-5,9-10,12-15H,1-2H2/q+1. The van der Waals surface area contributed by atoms with Crippen molar-refractivity contribution in [2.75, 3.05) is 12.7 Å². The van der Waals surface area contributed by atoms with Crippen LogP contribution in [0.2, 0.25) is 0 Å². The minimum absolute atomic E-state index is 0.0193. The van der Waals surface area contributed by atoms with E-state index in [9.17, 15) is 9.59 Å². The van der Waals surface area contributed by atoms with Crippen LogP contribution in [-0.2, 0) is 9.59 Å². The molecule has 0 fully saturated rings. The maximum Gasteiger partial charge on any atom is 0.406 e. The van der Waals surface area contributed by atoms with Crippen molar-refractivity contribution in [2.24, 2.45) is 0 Å². The van der Waals surface area contributed by atoms with Gasteiger partial charge in [-0.3, -0.25) is 14.8 Å². The van der Waals surface area contributed by atoms with Crippen LogP contribution in [0, 0.1) is 0 Å². The number of aliphatic hydroxyl groups excluding tert-OH is 2. The lowest BCUT2D eigenvalue weighted by molar-refractivity contribution is -0.159. The van der Waals surface area contributed by atoms with E-state index in [1.807, 2.05) is 0 Å². The van der Waals surface area contributed by atoms with Gasteiger partial charge in [-0.2, -0.15) is 14.7 Å². The number of hydrogen-bond acceptors (Lipinski definition) is 8. The third-order valence-electron chi connectivity index (χ3n) is 1.56. The van der Waals surface area contributed by atoms with Crippen LogP contribution in [0.25, 0.3) is 0 Å². The van der Waals surface area contributed by atoms with E-state index in [1.54, 1.807) is 0 Å². The molecule has 0 aromatic carbocycles. The Morgan fingerprint density at radius 3 is 2.12 bits per heavy atom. The van der Waals surface area contributed by atoms with Crippen LogP contribution < -0.4 is 0 Å². The lowest BCUT2D eigenvalue weighted by atomic mass is 10.1. The van der Waals surface area contributed by atoms with Crippen molar-refractivity contribution in [3.63, 3.8) is 0 Å². The molecule has 0 aromatic heterocycles. The average Bonchev–Trinajstić information content (AvgIpc) is 2.13. The first-order chi connectivity index (χ1) is 7.17. The largest absolute Gasteiger partial charge is 0.406 e. The van der Waals surface area contributed by atoms with Crippen LogP contribution in [0.1, 0.15) is 0 Å². The van der Waals surface area contributed by atoms with Crippen molar-refractivity contribution in [1.29, 1.82) is 0 Å². The maximum absolute atomic E-state index is 11.1. The Bertz CT molecular complexity index is 253. The van der Waals surface area contributed by atoms with E-state index in [0.717, 1.165) is 0 Å². The Hall–Kier alpha value is -0.670. The highest BCUT2D eigenvalue weighted by Crippen LogP contribution is 2.44. The minimum Gasteiger partial charge on any atom is -0.383 e. The number of ketones is 1. The molecule has 0 radical (unpaired) electrons. The highest BCUT2D eigenvalue weighted by Gasteiger charge is 2.38. The van der Waals surface area contributed by atoms with Gasteiger partial charge in [-0.05, 0) is 0 Å². The minimum atomic E-state index is -4.33. The summed E-state index contributed by atoms with van der Waals surface area (Å²) in [5.74, 6) is -1.25. The van der Waals surface area contributed by atoms with Gasteiger partial charge in [0.15, 0.2) is 18.0 Å². The third-order valence-corrected chi connectivity index (χ3v) is 2.39. The van der Waals surface area contributed by atoms with Crippen molar-refractivity contribution in [3.8, 4) is 0 Å². The van der Waals surface area contributed by atoms with E-state index < -0.39 is 38.6 Å². The van der Waals surface area contributed by atoms with Crippen LogP contribution in [-0.4, -0.2) is 72.3 Å². The Kier molecular flexibility index (Phi) is 5.90. The Morgan fingerprint density at radius 2 is 1.75 bits per heavy atom. The van der Waals surface area contributed by atoms with E-state index in [-0.39, 0.29) is 11.5 Å². The van der Waals surface area contributed by atoms with Crippen LogP contribution in [0.3, 0.4) is 0 Å². The first kappa shape index (κ1) is 15.3. The summed E-state index contributed by atoms with van der Waals surface area (Å²) >= 11 is 0. The summed E-state index contributed by atoms with van der Waals surface area (Å²) < 4.78 is 0. The quantitative estimate of drug-likeness (QED) is 0.121. The Morgan fingerprint density at radius 1 is 1.25 bits per heavy atom. The molecule has 9 nitrogen and oxygen atoms in total. The van der Waals surface area contributed by atoms with E-state index in [0.29, 0.717) is 0 Å². The predicted octanol–water partition coefficient (Wildman–Crippen LogP) is -3.14. The smallest absolute Gasteiger partial charge is 0.383 e. The van der Waals surface area contributed by atoms with E-state index in [4.69, 9.17) is 30.1 Å². The van der Waals surface area contributed by atoms with Crippen molar-refractivity contribution in [2.45, 2.75) is 12.2 Å². The molecule has 0 aliphatic rings. The van der Waals surface area contributed by atoms with Crippen LogP contribution in [0.5, 0.6) is 0 Å². The molecule has 0 aliphatic carbocycles. The summed E-state index contributed by atoms with van der Waals surface area (Å²) in [6, 6.07) is 0. The lowest BCUT2D eigenvalue weighted by Gasteiger charge is -2.16. The van der Waals surface area contributed by atoms with Crippen LogP contribution in [0.4, 0.5) is 0 Å². The van der Waals surface area contributed by atoms with Gasteiger partial charge in [-0.25, -0.2) is 5.06 Å². The molecule has 94 valence electrons.